The fraction of sp³-hybridized carbons (Fsp3) is 0.500. The average molecular weight is 268 g/mol. The number of allylic oxidation sites excluding steroid dienone is 1. The second-order valence-electron chi connectivity index (χ2n) is 6.07. The number of hydrogen-bond acceptors (Lipinski definition) is 3. The first-order chi connectivity index (χ1) is 9.79. The molecule has 20 heavy (non-hydrogen) atoms. The van der Waals surface area contributed by atoms with Gasteiger partial charge in [-0.05, 0) is 50.0 Å². The number of nitrogens with zero attached hydrogens (tertiary/aromatic N) is 3. The number of nitrogens with two attached hydrogens (primary N) is 1. The molecule has 4 heteroatoms. The van der Waals surface area contributed by atoms with Crippen LogP contribution in [0.5, 0.6) is 0 Å². The van der Waals surface area contributed by atoms with Crippen LogP contribution < -0.4 is 5.73 Å². The lowest BCUT2D eigenvalue weighted by Crippen LogP contribution is -2.09. The summed E-state index contributed by atoms with van der Waals surface area (Å²) in [6, 6.07) is 0.552. The van der Waals surface area contributed by atoms with E-state index >= 15 is 0 Å². The predicted octanol–water partition coefficient (Wildman–Crippen LogP) is 3.03. The smallest absolute Gasteiger partial charge is 0.146 e. The van der Waals surface area contributed by atoms with Gasteiger partial charge in [0.2, 0.25) is 0 Å². The minimum atomic E-state index is 0.552. The molecule has 0 saturated heterocycles. The number of aromatic nitrogens is 3. The first kappa shape index (κ1) is 11.9. The Kier molecular flexibility index (Phi) is 2.59. The van der Waals surface area contributed by atoms with Crippen LogP contribution in [0.1, 0.15) is 43.0 Å². The SMILES string of the molecule is C=C[C@@H]1CC[C@H](n2c3c(c4c(N)ncnc42)CCC3)C1. The van der Waals surface area contributed by atoms with Crippen molar-refractivity contribution >= 4 is 16.9 Å². The molecular formula is C16H20N4. The zero-order valence-electron chi connectivity index (χ0n) is 11.7. The molecule has 0 unspecified atom stereocenters. The monoisotopic (exact) mass is 268 g/mol. The highest BCUT2D eigenvalue weighted by molar-refractivity contribution is 5.91. The third kappa shape index (κ3) is 1.54. The van der Waals surface area contributed by atoms with Crippen molar-refractivity contribution in [3.05, 3.63) is 30.2 Å². The summed E-state index contributed by atoms with van der Waals surface area (Å²) in [5.74, 6) is 1.29. The van der Waals surface area contributed by atoms with E-state index in [2.05, 4.69) is 27.2 Å². The molecule has 0 aliphatic heterocycles. The molecule has 0 spiro atoms. The highest BCUT2D eigenvalue weighted by Crippen LogP contribution is 2.42. The third-order valence-corrected chi connectivity index (χ3v) is 5.01. The van der Waals surface area contributed by atoms with E-state index in [1.165, 1.54) is 36.9 Å². The summed E-state index contributed by atoms with van der Waals surface area (Å²) < 4.78 is 2.47. The molecule has 2 aliphatic rings. The lowest BCUT2D eigenvalue weighted by Gasteiger charge is -2.16. The summed E-state index contributed by atoms with van der Waals surface area (Å²) in [4.78, 5) is 8.74. The standard InChI is InChI=1S/C16H20N4/c1-2-10-6-7-11(8-10)20-13-5-3-4-12(13)14-15(17)18-9-19-16(14)20/h2,9-11H,1,3-8H2,(H2,17,18,19)/t10-,11+/m1/s1. The number of rotatable bonds is 2. The van der Waals surface area contributed by atoms with E-state index in [4.69, 9.17) is 5.73 Å². The van der Waals surface area contributed by atoms with Crippen LogP contribution in [-0.4, -0.2) is 14.5 Å². The molecule has 104 valence electrons. The fourth-order valence-corrected chi connectivity index (χ4v) is 4.09. The Morgan fingerprint density at radius 1 is 1.30 bits per heavy atom. The van der Waals surface area contributed by atoms with E-state index in [9.17, 15) is 0 Å². The maximum absolute atomic E-state index is 6.11. The van der Waals surface area contributed by atoms with E-state index in [1.54, 1.807) is 6.33 Å². The minimum absolute atomic E-state index is 0.552. The van der Waals surface area contributed by atoms with E-state index in [0.717, 1.165) is 23.9 Å². The number of aryl methyl sites for hydroxylation is 1. The van der Waals surface area contributed by atoms with Gasteiger partial charge < -0.3 is 10.3 Å². The Morgan fingerprint density at radius 2 is 2.20 bits per heavy atom. The molecule has 4 nitrogen and oxygen atoms in total. The predicted molar refractivity (Wildman–Crippen MR) is 80.5 cm³/mol. The van der Waals surface area contributed by atoms with Crippen molar-refractivity contribution < 1.29 is 0 Å². The van der Waals surface area contributed by atoms with Crippen LogP contribution in [0.3, 0.4) is 0 Å². The first-order valence-corrected chi connectivity index (χ1v) is 7.54. The quantitative estimate of drug-likeness (QED) is 0.852. The zero-order chi connectivity index (χ0) is 13.7. The Hall–Kier alpha value is -1.84. The highest BCUT2D eigenvalue weighted by Gasteiger charge is 2.31. The Balaban J connectivity index is 1.91. The maximum atomic E-state index is 6.11. The van der Waals surface area contributed by atoms with E-state index < -0.39 is 0 Å². The van der Waals surface area contributed by atoms with Crippen molar-refractivity contribution in [1.29, 1.82) is 0 Å². The number of hydrogen-bond donors (Lipinski definition) is 1. The largest absolute Gasteiger partial charge is 0.383 e. The summed E-state index contributed by atoms with van der Waals surface area (Å²) in [6.07, 6.45) is 10.9. The van der Waals surface area contributed by atoms with Gasteiger partial charge in [0.05, 0.1) is 5.39 Å². The van der Waals surface area contributed by atoms with Crippen LogP contribution in [-0.2, 0) is 12.8 Å². The van der Waals surface area contributed by atoms with Gasteiger partial charge in [0.1, 0.15) is 17.8 Å². The molecule has 0 aromatic carbocycles. The van der Waals surface area contributed by atoms with Gasteiger partial charge in [-0.1, -0.05) is 6.08 Å². The molecule has 1 saturated carbocycles. The fourth-order valence-electron chi connectivity index (χ4n) is 4.09. The maximum Gasteiger partial charge on any atom is 0.146 e. The molecule has 0 bridgehead atoms. The van der Waals surface area contributed by atoms with Gasteiger partial charge in [-0.15, -0.1) is 6.58 Å². The minimum Gasteiger partial charge on any atom is -0.383 e. The van der Waals surface area contributed by atoms with E-state index in [1.807, 2.05) is 0 Å². The van der Waals surface area contributed by atoms with Crippen molar-refractivity contribution in [2.24, 2.45) is 5.92 Å². The van der Waals surface area contributed by atoms with E-state index in [0.29, 0.717) is 17.8 Å². The van der Waals surface area contributed by atoms with Crippen molar-refractivity contribution in [1.82, 2.24) is 14.5 Å². The van der Waals surface area contributed by atoms with Gasteiger partial charge in [-0.3, -0.25) is 0 Å². The van der Waals surface area contributed by atoms with Crippen molar-refractivity contribution in [3.63, 3.8) is 0 Å². The zero-order valence-corrected chi connectivity index (χ0v) is 11.7. The summed E-state index contributed by atoms with van der Waals surface area (Å²) in [7, 11) is 0. The first-order valence-electron chi connectivity index (χ1n) is 7.54. The van der Waals surface area contributed by atoms with Crippen molar-refractivity contribution in [2.45, 2.75) is 44.6 Å². The van der Waals surface area contributed by atoms with Gasteiger partial charge in [0, 0.05) is 11.7 Å². The normalized spacial score (nSPS) is 25.2. The van der Waals surface area contributed by atoms with Gasteiger partial charge >= 0.3 is 0 Å². The molecule has 0 amide bonds. The van der Waals surface area contributed by atoms with Crippen LogP contribution >= 0.6 is 0 Å². The third-order valence-electron chi connectivity index (χ3n) is 5.01. The van der Waals surface area contributed by atoms with Crippen molar-refractivity contribution in [3.8, 4) is 0 Å². The average Bonchev–Trinajstić information content (AvgIpc) is 3.12. The molecular weight excluding hydrogens is 248 g/mol. The van der Waals surface area contributed by atoms with Crippen LogP contribution in [0.15, 0.2) is 19.0 Å². The molecule has 1 fully saturated rings. The summed E-state index contributed by atoms with van der Waals surface area (Å²) in [6.45, 7) is 3.95. The number of nitrogen functional groups attached to an aromatic ring is 1. The summed E-state index contributed by atoms with van der Waals surface area (Å²) >= 11 is 0. The Bertz CT molecular complexity index is 685. The Morgan fingerprint density at radius 3 is 3.00 bits per heavy atom. The Labute approximate surface area is 118 Å². The van der Waals surface area contributed by atoms with Gasteiger partial charge in [-0.25, -0.2) is 9.97 Å². The second kappa shape index (κ2) is 4.33. The molecule has 0 radical (unpaired) electrons. The van der Waals surface area contributed by atoms with Crippen LogP contribution in [0, 0.1) is 5.92 Å². The molecule has 2 aromatic heterocycles. The van der Waals surface area contributed by atoms with Crippen molar-refractivity contribution in [2.75, 3.05) is 5.73 Å². The van der Waals surface area contributed by atoms with Gasteiger partial charge in [0.15, 0.2) is 0 Å². The summed E-state index contributed by atoms with van der Waals surface area (Å²) in [5, 5.41) is 1.11. The highest BCUT2D eigenvalue weighted by atomic mass is 15.1. The molecule has 2 aliphatic carbocycles. The lowest BCUT2D eigenvalue weighted by molar-refractivity contribution is 0.503. The molecule has 2 N–H and O–H groups in total. The van der Waals surface area contributed by atoms with Crippen LogP contribution in [0.4, 0.5) is 5.82 Å². The lowest BCUT2D eigenvalue weighted by atomic mass is 10.1. The second-order valence-corrected chi connectivity index (χ2v) is 6.07. The van der Waals surface area contributed by atoms with Gasteiger partial charge in [0.25, 0.3) is 0 Å². The molecule has 4 rings (SSSR count). The van der Waals surface area contributed by atoms with Crippen LogP contribution in [0.25, 0.3) is 11.0 Å². The number of fused-ring (bicyclic) bond motifs is 3. The molecule has 2 heterocycles. The summed E-state index contributed by atoms with van der Waals surface area (Å²) in [5.41, 5.74) is 10.0. The molecule has 2 atom stereocenters. The topological polar surface area (TPSA) is 56.7 Å². The van der Waals surface area contributed by atoms with Gasteiger partial charge in [-0.2, -0.15) is 0 Å². The van der Waals surface area contributed by atoms with E-state index in [-0.39, 0.29) is 0 Å². The number of anilines is 1. The van der Waals surface area contributed by atoms with Crippen LogP contribution in [0.2, 0.25) is 0 Å². The molecule has 2 aromatic rings.